The first-order chi connectivity index (χ1) is 12.6. The molecule has 0 radical (unpaired) electrons. The molecule has 0 aliphatic carbocycles. The third kappa shape index (κ3) is 7.53. The van der Waals surface area contributed by atoms with Crippen molar-refractivity contribution in [1.29, 1.82) is 0 Å². The van der Waals surface area contributed by atoms with Gasteiger partial charge in [-0.3, -0.25) is 4.79 Å². The second-order valence-corrected chi connectivity index (χ2v) is 9.05. The minimum atomic E-state index is -1.85. The van der Waals surface area contributed by atoms with E-state index in [0.29, 0.717) is 15.7 Å². The van der Waals surface area contributed by atoms with Crippen LogP contribution in [0.5, 0.6) is 0 Å². The summed E-state index contributed by atoms with van der Waals surface area (Å²) in [7, 11) is 0. The monoisotopic (exact) mass is 483 g/mol. The quantitative estimate of drug-likeness (QED) is 0.304. The highest BCUT2D eigenvalue weighted by Gasteiger charge is 2.34. The maximum atomic E-state index is 12.3. The predicted molar refractivity (Wildman–Crippen MR) is 118 cm³/mol. The zero-order valence-electron chi connectivity index (χ0n) is 13.6. The number of halogens is 5. The fraction of sp³-hybridized carbons (Fsp3) is 0.176. The molecule has 0 aliphatic heterocycles. The summed E-state index contributed by atoms with van der Waals surface area (Å²) >= 11 is 35.1. The first-order valence-corrected chi connectivity index (χ1v) is 9.87. The number of hydrogen-bond acceptors (Lipinski definition) is 2. The van der Waals surface area contributed by atoms with Gasteiger partial charge in [-0.15, -0.1) is 0 Å². The number of thiocarbonyl (C=S) groups is 1. The maximum absolute atomic E-state index is 12.3. The first-order valence-electron chi connectivity index (χ1n) is 7.58. The van der Waals surface area contributed by atoms with Crippen LogP contribution in [0.1, 0.15) is 5.56 Å². The average Bonchev–Trinajstić information content (AvgIpc) is 2.57. The van der Waals surface area contributed by atoms with Gasteiger partial charge in [0.1, 0.15) is 6.17 Å². The molecule has 4 nitrogen and oxygen atoms in total. The Morgan fingerprint density at radius 3 is 2.33 bits per heavy atom. The molecular weight excluding hydrogens is 472 g/mol. The van der Waals surface area contributed by atoms with Crippen LogP contribution in [0.25, 0.3) is 0 Å². The topological polar surface area (TPSA) is 53.2 Å². The highest BCUT2D eigenvalue weighted by molar-refractivity contribution is 7.80. The van der Waals surface area contributed by atoms with Crippen LogP contribution in [0.15, 0.2) is 48.5 Å². The molecule has 0 aliphatic rings. The highest BCUT2D eigenvalue weighted by atomic mass is 35.6. The lowest BCUT2D eigenvalue weighted by molar-refractivity contribution is -0.121. The number of carbonyl (C=O) groups is 1. The summed E-state index contributed by atoms with van der Waals surface area (Å²) < 4.78 is -1.85. The number of benzene rings is 2. The van der Waals surface area contributed by atoms with Crippen molar-refractivity contribution >= 4 is 86.9 Å². The molecule has 0 fully saturated rings. The summed E-state index contributed by atoms with van der Waals surface area (Å²) in [6, 6.07) is 14.0. The molecule has 144 valence electrons. The van der Waals surface area contributed by atoms with Crippen LogP contribution >= 0.6 is 70.2 Å². The lowest BCUT2D eigenvalue weighted by Gasteiger charge is -2.28. The molecule has 10 heteroatoms. The van der Waals surface area contributed by atoms with Gasteiger partial charge < -0.3 is 16.0 Å². The van der Waals surface area contributed by atoms with Crippen LogP contribution in [0.2, 0.25) is 10.0 Å². The smallest absolute Gasteiger partial charge is 0.228 e. The van der Waals surface area contributed by atoms with Gasteiger partial charge in [-0.05, 0) is 36.0 Å². The van der Waals surface area contributed by atoms with Crippen LogP contribution in [-0.4, -0.2) is 21.0 Å². The molecule has 1 amide bonds. The van der Waals surface area contributed by atoms with E-state index in [1.54, 1.807) is 18.2 Å². The van der Waals surface area contributed by atoms with Gasteiger partial charge >= 0.3 is 0 Å². The van der Waals surface area contributed by atoms with Crippen molar-refractivity contribution in [3.8, 4) is 0 Å². The Bertz CT molecular complexity index is 814. The lowest BCUT2D eigenvalue weighted by Crippen LogP contribution is -2.56. The minimum Gasteiger partial charge on any atom is -0.339 e. The normalized spacial score (nSPS) is 12.2. The Morgan fingerprint density at radius 2 is 1.70 bits per heavy atom. The third-order valence-corrected chi connectivity index (χ3v) is 4.73. The van der Waals surface area contributed by atoms with Crippen molar-refractivity contribution in [1.82, 2.24) is 10.6 Å². The standard InChI is InChI=1S/C17H14Cl5N3OS/c18-11-6-7-12(19)13(9-11)23-16(27)25-15(17(20,21)22)24-14(26)8-10-4-2-1-3-5-10/h1-7,9,15H,8H2,(H,24,26)(H2,23,25,27)/t15-/m1/s1. The highest BCUT2D eigenvalue weighted by Crippen LogP contribution is 2.30. The molecule has 1 atom stereocenters. The Balaban J connectivity index is 2.02. The molecule has 0 spiro atoms. The van der Waals surface area contributed by atoms with Crippen molar-refractivity contribution in [2.75, 3.05) is 5.32 Å². The number of amides is 1. The van der Waals surface area contributed by atoms with Crippen molar-refractivity contribution in [3.05, 3.63) is 64.1 Å². The van der Waals surface area contributed by atoms with Gasteiger partial charge in [0, 0.05) is 5.02 Å². The molecule has 0 aromatic heterocycles. The number of alkyl halides is 3. The molecular formula is C17H14Cl5N3OS. The molecule has 0 saturated carbocycles. The van der Waals surface area contributed by atoms with Gasteiger partial charge in [-0.25, -0.2) is 0 Å². The van der Waals surface area contributed by atoms with E-state index in [1.165, 1.54) is 0 Å². The molecule has 27 heavy (non-hydrogen) atoms. The number of carbonyl (C=O) groups excluding carboxylic acids is 1. The van der Waals surface area contributed by atoms with E-state index in [1.807, 2.05) is 30.3 Å². The fourth-order valence-corrected chi connectivity index (χ4v) is 2.97. The summed E-state index contributed by atoms with van der Waals surface area (Å²) in [5.74, 6) is -0.339. The first kappa shape index (κ1) is 22.3. The van der Waals surface area contributed by atoms with Crippen molar-refractivity contribution in [3.63, 3.8) is 0 Å². The van der Waals surface area contributed by atoms with Crippen LogP contribution in [0, 0.1) is 0 Å². The molecule has 2 aromatic rings. The van der Waals surface area contributed by atoms with Crippen LogP contribution < -0.4 is 16.0 Å². The van der Waals surface area contributed by atoms with Crippen molar-refractivity contribution in [2.24, 2.45) is 0 Å². The van der Waals surface area contributed by atoms with Gasteiger partial charge in [0.15, 0.2) is 5.11 Å². The van der Waals surface area contributed by atoms with E-state index in [0.717, 1.165) is 5.56 Å². The number of hydrogen-bond donors (Lipinski definition) is 3. The largest absolute Gasteiger partial charge is 0.339 e. The van der Waals surface area contributed by atoms with E-state index >= 15 is 0 Å². The molecule has 0 bridgehead atoms. The van der Waals surface area contributed by atoms with Gasteiger partial charge in [0.2, 0.25) is 9.70 Å². The van der Waals surface area contributed by atoms with Crippen molar-refractivity contribution < 1.29 is 4.79 Å². The van der Waals surface area contributed by atoms with Gasteiger partial charge in [-0.1, -0.05) is 88.3 Å². The molecule has 0 unspecified atom stereocenters. The van der Waals surface area contributed by atoms with E-state index in [2.05, 4.69) is 16.0 Å². The Labute approximate surface area is 187 Å². The van der Waals surface area contributed by atoms with Gasteiger partial charge in [0.05, 0.1) is 17.1 Å². The molecule has 0 saturated heterocycles. The third-order valence-electron chi connectivity index (χ3n) is 3.29. The minimum absolute atomic E-state index is 0.0931. The summed E-state index contributed by atoms with van der Waals surface area (Å²) in [6.07, 6.45) is -0.947. The summed E-state index contributed by atoms with van der Waals surface area (Å²) in [4.78, 5) is 12.3. The van der Waals surface area contributed by atoms with E-state index < -0.39 is 9.96 Å². The molecule has 0 heterocycles. The van der Waals surface area contributed by atoms with Crippen LogP contribution in [0.3, 0.4) is 0 Å². The fourth-order valence-electron chi connectivity index (χ4n) is 2.08. The number of nitrogens with one attached hydrogen (secondary N) is 3. The molecule has 3 N–H and O–H groups in total. The van der Waals surface area contributed by atoms with Crippen LogP contribution in [-0.2, 0) is 11.2 Å². The lowest BCUT2D eigenvalue weighted by atomic mass is 10.1. The summed E-state index contributed by atoms with van der Waals surface area (Å²) in [6.45, 7) is 0. The van der Waals surface area contributed by atoms with Crippen molar-refractivity contribution in [2.45, 2.75) is 16.4 Å². The second kappa shape index (κ2) is 10.0. The summed E-state index contributed by atoms with van der Waals surface area (Å²) in [5, 5.41) is 9.20. The Morgan fingerprint density at radius 1 is 1.04 bits per heavy atom. The molecule has 2 rings (SSSR count). The van der Waals surface area contributed by atoms with E-state index in [-0.39, 0.29) is 17.4 Å². The van der Waals surface area contributed by atoms with Gasteiger partial charge in [0.25, 0.3) is 0 Å². The Hall–Kier alpha value is -0.950. The van der Waals surface area contributed by atoms with E-state index in [9.17, 15) is 4.79 Å². The zero-order valence-corrected chi connectivity index (χ0v) is 18.2. The molecule has 2 aromatic carbocycles. The van der Waals surface area contributed by atoms with E-state index in [4.69, 9.17) is 70.2 Å². The number of anilines is 1. The Kier molecular flexibility index (Phi) is 8.28. The van der Waals surface area contributed by atoms with Gasteiger partial charge in [-0.2, -0.15) is 0 Å². The average molecular weight is 486 g/mol. The van der Waals surface area contributed by atoms with Crippen LogP contribution in [0.4, 0.5) is 5.69 Å². The maximum Gasteiger partial charge on any atom is 0.228 e. The number of rotatable bonds is 5. The second-order valence-electron chi connectivity index (χ2n) is 5.43. The zero-order chi connectivity index (χ0) is 20.0. The SMILES string of the molecule is O=C(Cc1ccccc1)N[C@H](NC(=S)Nc1cc(Cl)ccc1Cl)C(Cl)(Cl)Cl. The predicted octanol–water partition coefficient (Wildman–Crippen LogP) is 5.34. The summed E-state index contributed by atoms with van der Waals surface area (Å²) in [5.41, 5.74) is 1.30.